The number of aliphatic hydroxyl groups excluding tert-OH is 3. The molecule has 0 bridgehead atoms. The van der Waals surface area contributed by atoms with Crippen LogP contribution in [-0.4, -0.2) is 15.3 Å². The Bertz CT molecular complexity index is 494. The van der Waals surface area contributed by atoms with Gasteiger partial charge in [0.2, 0.25) is 0 Å². The lowest BCUT2D eigenvalue weighted by atomic mass is 10.1. The second kappa shape index (κ2) is 4.72. The smallest absolute Gasteiger partial charge is 0.199 e. The second-order valence-corrected chi connectivity index (χ2v) is 3.03. The molecule has 0 saturated heterocycles. The van der Waals surface area contributed by atoms with Crippen LogP contribution in [0.15, 0.2) is 46.7 Å². The van der Waals surface area contributed by atoms with E-state index in [1.807, 2.05) is 0 Å². The van der Waals surface area contributed by atoms with Crippen LogP contribution in [0.3, 0.4) is 0 Å². The molecule has 0 saturated carbocycles. The van der Waals surface area contributed by atoms with Crippen molar-refractivity contribution >= 4 is 0 Å². The van der Waals surface area contributed by atoms with Gasteiger partial charge in [0.1, 0.15) is 17.7 Å². The Kier molecular flexibility index (Phi) is 3.37. The fourth-order valence-electron chi connectivity index (χ4n) is 1.12. The third-order valence-corrected chi connectivity index (χ3v) is 1.91. The van der Waals surface area contributed by atoms with Crippen molar-refractivity contribution in [2.45, 2.75) is 6.42 Å². The molecule has 0 unspecified atom stereocenters. The monoisotopic (exact) mass is 216 g/mol. The fraction of sp³-hybridized carbons (Fsp3) is 0.0909. The van der Waals surface area contributed by atoms with Crippen molar-refractivity contribution in [1.82, 2.24) is 0 Å². The highest BCUT2D eigenvalue weighted by molar-refractivity contribution is 5.45. The van der Waals surface area contributed by atoms with Gasteiger partial charge >= 0.3 is 0 Å². The predicted octanol–water partition coefficient (Wildman–Crippen LogP) is 2.06. The molecule has 0 aromatic rings. The molecule has 0 amide bonds. The Labute approximate surface area is 91.8 Å². The van der Waals surface area contributed by atoms with E-state index in [9.17, 15) is 15.3 Å². The van der Waals surface area contributed by atoms with E-state index in [-0.39, 0.29) is 12.0 Å². The van der Waals surface area contributed by atoms with Crippen LogP contribution in [-0.2, 0) is 0 Å². The van der Waals surface area contributed by atoms with Gasteiger partial charge in [0, 0.05) is 0 Å². The second-order valence-electron chi connectivity index (χ2n) is 3.03. The normalized spacial score (nSPS) is 15.1. The number of nitriles is 2. The first kappa shape index (κ1) is 11.4. The molecule has 0 atom stereocenters. The number of aliphatic hydroxyl groups is 3. The maximum atomic E-state index is 9.31. The summed E-state index contributed by atoms with van der Waals surface area (Å²) in [6, 6.07) is 3.34. The van der Waals surface area contributed by atoms with Crippen molar-refractivity contribution in [2.75, 3.05) is 0 Å². The van der Waals surface area contributed by atoms with Crippen LogP contribution >= 0.6 is 0 Å². The molecule has 0 aromatic heterocycles. The van der Waals surface area contributed by atoms with Crippen molar-refractivity contribution < 1.29 is 15.3 Å². The zero-order chi connectivity index (χ0) is 12.1. The van der Waals surface area contributed by atoms with E-state index in [0.29, 0.717) is 5.57 Å². The Hall–Kier alpha value is -2.66. The van der Waals surface area contributed by atoms with Crippen LogP contribution in [0.1, 0.15) is 6.42 Å². The molecule has 5 nitrogen and oxygen atoms in total. The minimum Gasteiger partial charge on any atom is -0.504 e. The number of hydrogen-bond donors (Lipinski definition) is 3. The predicted molar refractivity (Wildman–Crippen MR) is 55.0 cm³/mol. The molecule has 5 heteroatoms. The highest BCUT2D eigenvalue weighted by atomic mass is 16.3. The van der Waals surface area contributed by atoms with E-state index < -0.39 is 17.3 Å². The Balaban J connectivity index is 3.14. The highest BCUT2D eigenvalue weighted by Gasteiger charge is 2.11. The van der Waals surface area contributed by atoms with E-state index >= 15 is 0 Å². The van der Waals surface area contributed by atoms with Gasteiger partial charge in [-0.1, -0.05) is 0 Å². The highest BCUT2D eigenvalue weighted by Crippen LogP contribution is 2.20. The lowest BCUT2D eigenvalue weighted by Gasteiger charge is -1.96. The quantitative estimate of drug-likeness (QED) is 0.581. The molecule has 0 fully saturated rings. The van der Waals surface area contributed by atoms with Crippen molar-refractivity contribution in [3.63, 3.8) is 0 Å². The minimum absolute atomic E-state index is 0.117. The zero-order valence-electron chi connectivity index (χ0n) is 8.18. The molecule has 0 heterocycles. The summed E-state index contributed by atoms with van der Waals surface area (Å²) >= 11 is 0. The third-order valence-electron chi connectivity index (χ3n) is 1.91. The number of hydrogen-bond acceptors (Lipinski definition) is 5. The van der Waals surface area contributed by atoms with Crippen molar-refractivity contribution in [3.8, 4) is 12.1 Å². The standard InChI is InChI=1S/C11H8N2O3/c12-5-8(6-13)3-7-1-2-9(14)11(16)10(15)4-7/h2-4,14-16H,1H2. The molecule has 80 valence electrons. The van der Waals surface area contributed by atoms with Crippen LogP contribution in [0, 0.1) is 22.7 Å². The number of allylic oxidation sites excluding steroid dienone is 5. The molecule has 3 N–H and O–H groups in total. The number of rotatable bonds is 1. The summed E-state index contributed by atoms with van der Waals surface area (Å²) in [5.74, 6) is -1.57. The summed E-state index contributed by atoms with van der Waals surface area (Å²) in [7, 11) is 0. The van der Waals surface area contributed by atoms with Gasteiger partial charge in [0.15, 0.2) is 17.3 Å². The number of nitrogens with zero attached hydrogens (tertiary/aromatic N) is 2. The average Bonchev–Trinajstić information content (AvgIpc) is 2.40. The molecule has 0 radical (unpaired) electrons. The van der Waals surface area contributed by atoms with Crippen LogP contribution in [0.2, 0.25) is 0 Å². The van der Waals surface area contributed by atoms with Gasteiger partial charge < -0.3 is 15.3 Å². The largest absolute Gasteiger partial charge is 0.504 e. The summed E-state index contributed by atoms with van der Waals surface area (Å²) in [4.78, 5) is 0. The van der Waals surface area contributed by atoms with Gasteiger partial charge in [-0.2, -0.15) is 10.5 Å². The fourth-order valence-corrected chi connectivity index (χ4v) is 1.12. The van der Waals surface area contributed by atoms with Gasteiger partial charge in [-0.3, -0.25) is 0 Å². The summed E-state index contributed by atoms with van der Waals surface area (Å²) in [5.41, 5.74) is 0.319. The van der Waals surface area contributed by atoms with Crippen LogP contribution in [0.5, 0.6) is 0 Å². The Morgan fingerprint density at radius 3 is 2.44 bits per heavy atom. The molecule has 1 aliphatic carbocycles. The lowest BCUT2D eigenvalue weighted by molar-refractivity contribution is 0.291. The first-order valence-electron chi connectivity index (χ1n) is 4.32. The maximum Gasteiger partial charge on any atom is 0.199 e. The summed E-state index contributed by atoms with van der Waals surface area (Å²) in [6.07, 6.45) is 3.93. The topological polar surface area (TPSA) is 108 Å². The van der Waals surface area contributed by atoms with Crippen molar-refractivity contribution in [1.29, 1.82) is 10.5 Å². The van der Waals surface area contributed by atoms with E-state index in [1.165, 1.54) is 18.2 Å². The summed E-state index contributed by atoms with van der Waals surface area (Å²) < 4.78 is 0. The Morgan fingerprint density at radius 1 is 1.25 bits per heavy atom. The molecular formula is C11H8N2O3. The maximum absolute atomic E-state index is 9.31. The molecular weight excluding hydrogens is 208 g/mol. The SMILES string of the molecule is N#CC(C#N)=CC1=CC(O)=C(O)C(O)=CC1. The molecule has 1 aliphatic rings. The Morgan fingerprint density at radius 2 is 1.88 bits per heavy atom. The van der Waals surface area contributed by atoms with Gasteiger partial charge in [-0.25, -0.2) is 0 Å². The van der Waals surface area contributed by atoms with Gasteiger partial charge in [0.25, 0.3) is 0 Å². The van der Waals surface area contributed by atoms with E-state index in [1.54, 1.807) is 12.1 Å². The molecule has 0 spiro atoms. The summed E-state index contributed by atoms with van der Waals surface area (Å²) in [6.45, 7) is 0. The van der Waals surface area contributed by atoms with Crippen LogP contribution in [0.4, 0.5) is 0 Å². The average molecular weight is 216 g/mol. The molecule has 0 aliphatic heterocycles. The first-order chi connectivity index (χ1) is 7.58. The zero-order valence-corrected chi connectivity index (χ0v) is 8.18. The molecule has 1 rings (SSSR count). The minimum atomic E-state index is -0.626. The van der Waals surface area contributed by atoms with Gasteiger partial charge in [0.05, 0.1) is 0 Å². The molecule has 0 aromatic carbocycles. The first-order valence-corrected chi connectivity index (χ1v) is 4.32. The van der Waals surface area contributed by atoms with Gasteiger partial charge in [-0.15, -0.1) is 0 Å². The van der Waals surface area contributed by atoms with E-state index in [2.05, 4.69) is 0 Å². The van der Waals surface area contributed by atoms with Crippen LogP contribution < -0.4 is 0 Å². The van der Waals surface area contributed by atoms with Gasteiger partial charge in [-0.05, 0) is 30.2 Å². The lowest BCUT2D eigenvalue weighted by Crippen LogP contribution is -1.90. The van der Waals surface area contributed by atoms with Crippen molar-refractivity contribution in [2.24, 2.45) is 0 Å². The van der Waals surface area contributed by atoms with E-state index in [0.717, 1.165) is 0 Å². The molecule has 16 heavy (non-hydrogen) atoms. The summed E-state index contributed by atoms with van der Waals surface area (Å²) in [5, 5.41) is 44.8. The van der Waals surface area contributed by atoms with E-state index in [4.69, 9.17) is 10.5 Å². The van der Waals surface area contributed by atoms with Crippen LogP contribution in [0.25, 0.3) is 0 Å². The third kappa shape index (κ3) is 2.43. The van der Waals surface area contributed by atoms with Crippen molar-refractivity contribution in [3.05, 3.63) is 46.7 Å².